The van der Waals surface area contributed by atoms with E-state index >= 15 is 0 Å². The molecule has 0 aliphatic carbocycles. The molecule has 0 aromatic carbocycles. The van der Waals surface area contributed by atoms with Crippen molar-refractivity contribution in [3.63, 3.8) is 0 Å². The van der Waals surface area contributed by atoms with Crippen molar-refractivity contribution in [1.29, 1.82) is 0 Å². The summed E-state index contributed by atoms with van der Waals surface area (Å²) in [6.45, 7) is 4.29. The van der Waals surface area contributed by atoms with Gasteiger partial charge in [0.05, 0.1) is 6.26 Å². The number of hydrogen-bond donors (Lipinski definition) is 2. The number of nitrogens with zero attached hydrogens (tertiary/aromatic N) is 1. The van der Waals surface area contributed by atoms with E-state index < -0.39 is 0 Å². The summed E-state index contributed by atoms with van der Waals surface area (Å²) in [7, 11) is 0. The van der Waals surface area contributed by atoms with Gasteiger partial charge in [-0.15, -0.1) is 0 Å². The topological polar surface area (TPSA) is 67.2 Å². The monoisotopic (exact) mass is 271 g/mol. The SMILES string of the molecule is Cc1ncc2c(c1CNC(=O)c1ccco1)CCNC2. The molecule has 1 aliphatic heterocycles. The Hall–Kier alpha value is -2.14. The van der Waals surface area contributed by atoms with Crippen molar-refractivity contribution in [1.82, 2.24) is 15.6 Å². The number of carbonyl (C=O) groups excluding carboxylic acids is 1. The fourth-order valence-corrected chi connectivity index (χ4v) is 2.54. The molecule has 0 fully saturated rings. The van der Waals surface area contributed by atoms with E-state index in [2.05, 4.69) is 15.6 Å². The van der Waals surface area contributed by atoms with E-state index in [-0.39, 0.29) is 5.91 Å². The fourth-order valence-electron chi connectivity index (χ4n) is 2.54. The van der Waals surface area contributed by atoms with E-state index in [0.29, 0.717) is 12.3 Å². The van der Waals surface area contributed by atoms with Crippen LogP contribution in [0.2, 0.25) is 0 Å². The van der Waals surface area contributed by atoms with Crippen molar-refractivity contribution >= 4 is 5.91 Å². The molecule has 0 radical (unpaired) electrons. The molecule has 1 aliphatic rings. The van der Waals surface area contributed by atoms with Crippen LogP contribution in [-0.4, -0.2) is 17.4 Å². The minimum atomic E-state index is -0.194. The summed E-state index contributed by atoms with van der Waals surface area (Å²) in [5.74, 6) is 0.142. The van der Waals surface area contributed by atoms with Crippen LogP contribution in [0.15, 0.2) is 29.0 Å². The van der Waals surface area contributed by atoms with Gasteiger partial charge in [0.15, 0.2) is 5.76 Å². The Bertz CT molecular complexity index is 620. The summed E-state index contributed by atoms with van der Waals surface area (Å²) in [6, 6.07) is 3.36. The number of carbonyl (C=O) groups is 1. The Kier molecular flexibility index (Phi) is 3.52. The van der Waals surface area contributed by atoms with Crippen LogP contribution >= 0.6 is 0 Å². The van der Waals surface area contributed by atoms with E-state index in [1.807, 2.05) is 13.1 Å². The molecule has 0 atom stereocenters. The van der Waals surface area contributed by atoms with Gasteiger partial charge in [-0.2, -0.15) is 0 Å². The second-order valence-corrected chi connectivity index (χ2v) is 4.91. The Labute approximate surface area is 117 Å². The molecule has 3 heterocycles. The van der Waals surface area contributed by atoms with Gasteiger partial charge in [-0.05, 0) is 48.7 Å². The third-order valence-electron chi connectivity index (χ3n) is 3.64. The summed E-state index contributed by atoms with van der Waals surface area (Å²) in [5, 5.41) is 6.23. The van der Waals surface area contributed by atoms with Crippen LogP contribution in [0.25, 0.3) is 0 Å². The lowest BCUT2D eigenvalue weighted by atomic mass is 9.96. The molecule has 5 heteroatoms. The van der Waals surface area contributed by atoms with E-state index in [4.69, 9.17) is 4.42 Å². The number of rotatable bonds is 3. The fraction of sp³-hybridized carbons (Fsp3) is 0.333. The van der Waals surface area contributed by atoms with Gasteiger partial charge in [0.25, 0.3) is 5.91 Å². The highest BCUT2D eigenvalue weighted by Gasteiger charge is 2.17. The molecule has 2 N–H and O–H groups in total. The molecule has 0 bridgehead atoms. The molecule has 3 rings (SSSR count). The average Bonchev–Trinajstić information content (AvgIpc) is 3.00. The summed E-state index contributed by atoms with van der Waals surface area (Å²) in [4.78, 5) is 16.3. The Morgan fingerprint density at radius 1 is 1.55 bits per heavy atom. The number of amides is 1. The zero-order chi connectivity index (χ0) is 13.9. The minimum Gasteiger partial charge on any atom is -0.459 e. The van der Waals surface area contributed by atoms with Gasteiger partial charge < -0.3 is 15.1 Å². The van der Waals surface area contributed by atoms with Crippen LogP contribution in [0, 0.1) is 6.92 Å². The van der Waals surface area contributed by atoms with E-state index in [9.17, 15) is 4.79 Å². The molecule has 104 valence electrons. The number of aromatic nitrogens is 1. The maximum absolute atomic E-state index is 11.9. The Morgan fingerprint density at radius 2 is 2.45 bits per heavy atom. The van der Waals surface area contributed by atoms with Crippen molar-refractivity contribution < 1.29 is 9.21 Å². The van der Waals surface area contributed by atoms with Crippen LogP contribution in [0.3, 0.4) is 0 Å². The van der Waals surface area contributed by atoms with E-state index in [1.54, 1.807) is 12.1 Å². The van der Waals surface area contributed by atoms with E-state index in [1.165, 1.54) is 17.4 Å². The first-order valence-corrected chi connectivity index (χ1v) is 6.74. The summed E-state index contributed by atoms with van der Waals surface area (Å²) in [5.41, 5.74) is 4.65. The van der Waals surface area contributed by atoms with Gasteiger partial charge in [0, 0.05) is 25.0 Å². The van der Waals surface area contributed by atoms with Crippen LogP contribution < -0.4 is 10.6 Å². The molecular formula is C15H17N3O2. The molecule has 0 saturated heterocycles. The first kappa shape index (κ1) is 12.9. The maximum Gasteiger partial charge on any atom is 0.287 e. The normalized spacial score (nSPS) is 13.8. The van der Waals surface area contributed by atoms with Crippen LogP contribution in [0.5, 0.6) is 0 Å². The Morgan fingerprint density at radius 3 is 3.25 bits per heavy atom. The van der Waals surface area contributed by atoms with Gasteiger partial charge in [-0.3, -0.25) is 9.78 Å². The van der Waals surface area contributed by atoms with Crippen molar-refractivity contribution in [3.05, 3.63) is 52.7 Å². The lowest BCUT2D eigenvalue weighted by molar-refractivity contribution is 0.0923. The first-order chi connectivity index (χ1) is 9.75. The predicted molar refractivity (Wildman–Crippen MR) is 74.3 cm³/mol. The quantitative estimate of drug-likeness (QED) is 0.889. The lowest BCUT2D eigenvalue weighted by Gasteiger charge is -2.21. The van der Waals surface area contributed by atoms with Crippen molar-refractivity contribution in [2.24, 2.45) is 0 Å². The summed E-state index contributed by atoms with van der Waals surface area (Å²) < 4.78 is 5.09. The van der Waals surface area contributed by atoms with Crippen LogP contribution in [0.1, 0.15) is 32.9 Å². The van der Waals surface area contributed by atoms with Crippen LogP contribution in [-0.2, 0) is 19.5 Å². The summed E-state index contributed by atoms with van der Waals surface area (Å²) >= 11 is 0. The number of nitrogens with one attached hydrogen (secondary N) is 2. The zero-order valence-electron chi connectivity index (χ0n) is 11.4. The lowest BCUT2D eigenvalue weighted by Crippen LogP contribution is -2.28. The highest BCUT2D eigenvalue weighted by atomic mass is 16.3. The second kappa shape index (κ2) is 5.46. The maximum atomic E-state index is 11.9. The molecule has 1 amide bonds. The number of pyridine rings is 1. The summed E-state index contributed by atoms with van der Waals surface area (Å²) in [6.07, 6.45) is 4.40. The second-order valence-electron chi connectivity index (χ2n) is 4.91. The van der Waals surface area contributed by atoms with Gasteiger partial charge >= 0.3 is 0 Å². The molecule has 2 aromatic rings. The van der Waals surface area contributed by atoms with Gasteiger partial charge in [-0.1, -0.05) is 0 Å². The van der Waals surface area contributed by atoms with Gasteiger partial charge in [0.2, 0.25) is 0 Å². The number of furan rings is 1. The molecule has 20 heavy (non-hydrogen) atoms. The third-order valence-corrected chi connectivity index (χ3v) is 3.64. The molecule has 0 spiro atoms. The van der Waals surface area contributed by atoms with E-state index in [0.717, 1.165) is 30.8 Å². The average molecular weight is 271 g/mol. The van der Waals surface area contributed by atoms with Gasteiger partial charge in [0.1, 0.15) is 0 Å². The standard InChI is InChI=1S/C15H17N3O2/c1-10-13(9-18-15(19)14-3-2-6-20-14)12-4-5-16-7-11(12)8-17-10/h2-3,6,8,16H,4-5,7,9H2,1H3,(H,18,19). The van der Waals surface area contributed by atoms with Crippen molar-refractivity contribution in [2.75, 3.05) is 6.54 Å². The molecule has 0 saturated carbocycles. The van der Waals surface area contributed by atoms with Gasteiger partial charge in [-0.25, -0.2) is 0 Å². The van der Waals surface area contributed by atoms with Crippen molar-refractivity contribution in [2.45, 2.75) is 26.4 Å². The largest absolute Gasteiger partial charge is 0.459 e. The highest BCUT2D eigenvalue weighted by molar-refractivity contribution is 5.91. The number of hydrogen-bond acceptors (Lipinski definition) is 4. The third kappa shape index (κ3) is 2.44. The molecule has 2 aromatic heterocycles. The minimum absolute atomic E-state index is 0.194. The molecule has 5 nitrogen and oxygen atoms in total. The predicted octanol–water partition coefficient (Wildman–Crippen LogP) is 1.56. The first-order valence-electron chi connectivity index (χ1n) is 6.74. The number of aryl methyl sites for hydroxylation is 1. The zero-order valence-corrected chi connectivity index (χ0v) is 11.4. The van der Waals surface area contributed by atoms with Crippen LogP contribution in [0.4, 0.5) is 0 Å². The Balaban J connectivity index is 1.79. The smallest absolute Gasteiger partial charge is 0.287 e. The molecule has 0 unspecified atom stereocenters. The highest BCUT2D eigenvalue weighted by Crippen LogP contribution is 2.20. The van der Waals surface area contributed by atoms with Crippen molar-refractivity contribution in [3.8, 4) is 0 Å². The molecular weight excluding hydrogens is 254 g/mol. The number of fused-ring (bicyclic) bond motifs is 1.